The van der Waals surface area contributed by atoms with Crippen molar-refractivity contribution in [2.45, 2.75) is 38.6 Å². The predicted octanol–water partition coefficient (Wildman–Crippen LogP) is 4.56. The Hall–Kier alpha value is -2.51. The first-order chi connectivity index (χ1) is 15.0. The van der Waals surface area contributed by atoms with Gasteiger partial charge in [0.05, 0.1) is 22.4 Å². The van der Waals surface area contributed by atoms with Crippen LogP contribution in [0.1, 0.15) is 40.2 Å². The average Bonchev–Trinajstić information content (AvgIpc) is 3.09. The Kier molecular flexibility index (Phi) is 5.40. The van der Waals surface area contributed by atoms with Crippen molar-refractivity contribution in [3.8, 4) is 5.75 Å². The molecule has 4 heterocycles. The van der Waals surface area contributed by atoms with E-state index in [1.807, 2.05) is 25.1 Å². The molecule has 1 atom stereocenters. The zero-order valence-electron chi connectivity index (χ0n) is 17.4. The summed E-state index contributed by atoms with van der Waals surface area (Å²) in [5.41, 5.74) is 9.68. The van der Waals surface area contributed by atoms with Crippen molar-refractivity contribution < 1.29 is 9.53 Å². The Labute approximate surface area is 190 Å². The van der Waals surface area contributed by atoms with Gasteiger partial charge in [-0.1, -0.05) is 11.6 Å². The monoisotopic (exact) mass is 456 g/mol. The van der Waals surface area contributed by atoms with Crippen LogP contribution in [0.4, 0.5) is 11.4 Å². The zero-order valence-corrected chi connectivity index (χ0v) is 19.0. The fourth-order valence-corrected chi connectivity index (χ4v) is 5.72. The van der Waals surface area contributed by atoms with Crippen molar-refractivity contribution in [2.24, 2.45) is 0 Å². The number of thiophene rings is 1. The van der Waals surface area contributed by atoms with Crippen molar-refractivity contribution >= 4 is 50.4 Å². The van der Waals surface area contributed by atoms with Crippen LogP contribution in [0.5, 0.6) is 5.75 Å². The number of ether oxygens (including phenoxy) is 1. The number of fused-ring (bicyclic) bond motifs is 2. The lowest BCUT2D eigenvalue weighted by atomic mass is 10.0. The van der Waals surface area contributed by atoms with Gasteiger partial charge in [-0.25, -0.2) is 4.98 Å². The number of nitrogens with zero attached hydrogens (tertiary/aromatic N) is 2. The largest absolute Gasteiger partial charge is 0.491 e. The second kappa shape index (κ2) is 8.20. The number of pyridine rings is 1. The van der Waals surface area contributed by atoms with Crippen LogP contribution in [0, 0.1) is 6.92 Å². The lowest BCUT2D eigenvalue weighted by molar-refractivity contribution is 0.0920. The molecule has 3 aromatic rings. The normalized spacial score (nSPS) is 18.5. The van der Waals surface area contributed by atoms with E-state index < -0.39 is 0 Å². The molecule has 0 radical (unpaired) electrons. The molecule has 162 valence electrons. The third kappa shape index (κ3) is 3.92. The highest BCUT2D eigenvalue weighted by atomic mass is 35.5. The number of halogens is 1. The molecule has 31 heavy (non-hydrogen) atoms. The standard InChI is InChI=1S/C23H25ClN4O2S/c1-13-5-6-16-20(25)21(31-23(16)26-13)22(29)27-15-9-14-10-17(24)18(11-19(14)30-12-15)28-7-3-2-4-8-28/h5-6,10-11,15H,2-4,7-9,12,25H2,1H3,(H,27,29)/t15-/m1/s1. The molecule has 2 aromatic heterocycles. The molecule has 5 rings (SSSR count). The van der Waals surface area contributed by atoms with Crippen LogP contribution in [-0.4, -0.2) is 36.6 Å². The van der Waals surface area contributed by atoms with Crippen molar-refractivity contribution in [1.29, 1.82) is 0 Å². The fraction of sp³-hybridized carbons (Fsp3) is 0.391. The number of carbonyl (C=O) groups excluding carboxylic acids is 1. The number of nitrogens with two attached hydrogens (primary N) is 1. The van der Waals surface area contributed by atoms with Gasteiger partial charge in [0.1, 0.15) is 22.1 Å². The molecular weight excluding hydrogens is 432 g/mol. The number of hydrogen-bond donors (Lipinski definition) is 2. The summed E-state index contributed by atoms with van der Waals surface area (Å²) >= 11 is 7.94. The number of rotatable bonds is 3. The van der Waals surface area contributed by atoms with Gasteiger partial charge in [-0.2, -0.15) is 0 Å². The summed E-state index contributed by atoms with van der Waals surface area (Å²) in [6, 6.07) is 7.72. The predicted molar refractivity (Wildman–Crippen MR) is 127 cm³/mol. The smallest absolute Gasteiger partial charge is 0.263 e. The zero-order chi connectivity index (χ0) is 21.5. The molecule has 6 nitrogen and oxygen atoms in total. The molecule has 1 saturated heterocycles. The highest BCUT2D eigenvalue weighted by molar-refractivity contribution is 7.21. The molecular formula is C23H25ClN4O2S. The molecule has 0 saturated carbocycles. The highest BCUT2D eigenvalue weighted by Crippen LogP contribution is 2.37. The number of amides is 1. The minimum Gasteiger partial charge on any atom is -0.491 e. The molecule has 2 aliphatic rings. The Morgan fingerprint density at radius 3 is 2.90 bits per heavy atom. The van der Waals surface area contributed by atoms with Gasteiger partial charge in [-0.3, -0.25) is 4.79 Å². The van der Waals surface area contributed by atoms with Crippen LogP contribution in [-0.2, 0) is 6.42 Å². The number of anilines is 2. The number of nitrogen functional groups attached to an aromatic ring is 1. The van der Waals surface area contributed by atoms with Gasteiger partial charge in [-0.15, -0.1) is 11.3 Å². The second-order valence-corrected chi connectivity index (χ2v) is 9.70. The molecule has 3 N–H and O–H groups in total. The van der Waals surface area contributed by atoms with E-state index in [-0.39, 0.29) is 11.9 Å². The van der Waals surface area contributed by atoms with Crippen molar-refractivity contribution in [3.05, 3.63) is 45.4 Å². The van der Waals surface area contributed by atoms with Crippen LogP contribution in [0.25, 0.3) is 10.2 Å². The number of carbonyl (C=O) groups is 1. The number of nitrogens with one attached hydrogen (secondary N) is 1. The third-order valence-corrected chi connectivity index (χ3v) is 7.42. The summed E-state index contributed by atoms with van der Waals surface area (Å²) in [5, 5.41) is 4.64. The summed E-state index contributed by atoms with van der Waals surface area (Å²) in [6.45, 7) is 4.40. The lowest BCUT2D eigenvalue weighted by Crippen LogP contribution is -2.42. The van der Waals surface area contributed by atoms with Gasteiger partial charge < -0.3 is 20.7 Å². The average molecular weight is 457 g/mol. The first-order valence-corrected chi connectivity index (χ1v) is 11.9. The van der Waals surface area contributed by atoms with E-state index in [2.05, 4.69) is 21.3 Å². The summed E-state index contributed by atoms with van der Waals surface area (Å²) in [5.74, 6) is 0.669. The van der Waals surface area contributed by atoms with E-state index in [1.54, 1.807) is 0 Å². The topological polar surface area (TPSA) is 80.5 Å². The maximum absolute atomic E-state index is 12.9. The van der Waals surface area contributed by atoms with E-state index in [0.29, 0.717) is 23.6 Å². The molecule has 0 bridgehead atoms. The van der Waals surface area contributed by atoms with Crippen molar-refractivity contribution in [2.75, 3.05) is 30.3 Å². The third-order valence-electron chi connectivity index (χ3n) is 6.01. The minimum atomic E-state index is -0.189. The molecule has 0 aliphatic carbocycles. The quantitative estimate of drug-likeness (QED) is 0.603. The van der Waals surface area contributed by atoms with E-state index >= 15 is 0 Å². The molecule has 1 aromatic carbocycles. The Morgan fingerprint density at radius 1 is 1.29 bits per heavy atom. The molecule has 8 heteroatoms. The number of benzene rings is 1. The van der Waals surface area contributed by atoms with Gasteiger partial charge in [-0.05, 0) is 56.4 Å². The van der Waals surface area contributed by atoms with Gasteiger partial charge in [0.2, 0.25) is 0 Å². The number of aryl methyl sites for hydroxylation is 1. The molecule has 2 aliphatic heterocycles. The highest BCUT2D eigenvalue weighted by Gasteiger charge is 2.26. The van der Waals surface area contributed by atoms with Gasteiger partial charge in [0.15, 0.2) is 0 Å². The second-order valence-electron chi connectivity index (χ2n) is 8.29. The Morgan fingerprint density at radius 2 is 2.10 bits per heavy atom. The Balaban J connectivity index is 1.32. The first kappa shape index (κ1) is 20.4. The van der Waals surface area contributed by atoms with Crippen LogP contribution >= 0.6 is 22.9 Å². The summed E-state index contributed by atoms with van der Waals surface area (Å²) in [6.07, 6.45) is 4.33. The SMILES string of the molecule is Cc1ccc2c(N)c(C(=O)N[C@H]3COc4cc(N5CCCCC5)c(Cl)cc4C3)sc2n1. The lowest BCUT2D eigenvalue weighted by Gasteiger charge is -2.32. The number of aromatic nitrogens is 1. The fourth-order valence-electron chi connectivity index (χ4n) is 4.37. The maximum atomic E-state index is 12.9. The maximum Gasteiger partial charge on any atom is 0.263 e. The minimum absolute atomic E-state index is 0.142. The van der Waals surface area contributed by atoms with E-state index in [0.717, 1.165) is 51.0 Å². The first-order valence-electron chi connectivity index (χ1n) is 10.7. The molecule has 0 spiro atoms. The summed E-state index contributed by atoms with van der Waals surface area (Å²) in [7, 11) is 0. The molecule has 1 fully saturated rings. The van der Waals surface area contributed by atoms with Gasteiger partial charge in [0.25, 0.3) is 5.91 Å². The Bertz CT molecular complexity index is 1160. The van der Waals surface area contributed by atoms with Crippen molar-refractivity contribution in [1.82, 2.24) is 10.3 Å². The van der Waals surface area contributed by atoms with Crippen LogP contribution in [0.2, 0.25) is 5.02 Å². The van der Waals surface area contributed by atoms with E-state index in [4.69, 9.17) is 22.1 Å². The van der Waals surface area contributed by atoms with Crippen LogP contribution in [0.15, 0.2) is 24.3 Å². The van der Waals surface area contributed by atoms with Gasteiger partial charge >= 0.3 is 0 Å². The number of piperidine rings is 1. The van der Waals surface area contributed by atoms with E-state index in [9.17, 15) is 4.79 Å². The van der Waals surface area contributed by atoms with Gasteiger partial charge in [0, 0.05) is 30.2 Å². The summed E-state index contributed by atoms with van der Waals surface area (Å²) < 4.78 is 6.02. The summed E-state index contributed by atoms with van der Waals surface area (Å²) in [4.78, 5) is 21.0. The molecule has 1 amide bonds. The van der Waals surface area contributed by atoms with Crippen LogP contribution < -0.4 is 20.7 Å². The number of hydrogen-bond acceptors (Lipinski definition) is 6. The molecule has 0 unspecified atom stereocenters. The van der Waals surface area contributed by atoms with E-state index in [1.165, 1.54) is 30.6 Å². The van der Waals surface area contributed by atoms with Crippen LogP contribution in [0.3, 0.4) is 0 Å². The van der Waals surface area contributed by atoms with Crippen molar-refractivity contribution in [3.63, 3.8) is 0 Å².